The number of rotatable bonds is 4. The van der Waals surface area contributed by atoms with Crippen LogP contribution in [0.2, 0.25) is 5.02 Å². The molecule has 0 saturated carbocycles. The maximum Gasteiger partial charge on any atom is 0.272 e. The van der Waals surface area contributed by atoms with E-state index in [9.17, 15) is 4.79 Å². The van der Waals surface area contributed by atoms with Gasteiger partial charge < -0.3 is 10.1 Å². The third kappa shape index (κ3) is 4.99. The second-order valence-electron chi connectivity index (χ2n) is 6.06. The maximum atomic E-state index is 12.3. The van der Waals surface area contributed by atoms with E-state index in [1.54, 1.807) is 12.3 Å². The third-order valence-electron chi connectivity index (χ3n) is 2.85. The van der Waals surface area contributed by atoms with Crippen LogP contribution in [0.1, 0.15) is 20.8 Å². The van der Waals surface area contributed by atoms with Crippen LogP contribution in [-0.4, -0.2) is 28.1 Å². The Bertz CT molecular complexity index is 734. The largest absolute Gasteiger partial charge is 0.470 e. The van der Waals surface area contributed by atoms with Crippen LogP contribution in [-0.2, 0) is 4.79 Å². The summed E-state index contributed by atoms with van der Waals surface area (Å²) in [5.41, 5.74) is -0.269. The van der Waals surface area contributed by atoms with Crippen molar-refractivity contribution in [3.05, 3.63) is 33.9 Å². The summed E-state index contributed by atoms with van der Waals surface area (Å²) in [6.07, 6.45) is 3.52. The number of thioether (sulfide) groups is 1. The number of halogens is 2. The van der Waals surface area contributed by atoms with E-state index in [2.05, 4.69) is 26.2 Å². The Hall–Kier alpha value is -0.980. The molecule has 0 aliphatic heterocycles. The number of ether oxygens (including phenoxy) is 1. The van der Waals surface area contributed by atoms with Crippen molar-refractivity contribution >= 4 is 56.1 Å². The fourth-order valence-electron chi connectivity index (χ4n) is 1.98. The molecule has 1 N–H and O–H groups in total. The van der Waals surface area contributed by atoms with Crippen molar-refractivity contribution in [3.8, 4) is 5.75 Å². The summed E-state index contributed by atoms with van der Waals surface area (Å²) in [5.74, 6) is 0.361. The van der Waals surface area contributed by atoms with Crippen molar-refractivity contribution in [3.63, 3.8) is 0 Å². The molecule has 4 nitrogen and oxygen atoms in total. The van der Waals surface area contributed by atoms with Gasteiger partial charge in [-0.1, -0.05) is 11.6 Å². The molecule has 0 radical (unpaired) electrons. The second kappa shape index (κ2) is 7.28. The first-order valence-corrected chi connectivity index (χ1v) is 9.42. The summed E-state index contributed by atoms with van der Waals surface area (Å²) in [6, 6.07) is 5.41. The van der Waals surface area contributed by atoms with Crippen LogP contribution in [0.25, 0.3) is 10.9 Å². The lowest BCUT2D eigenvalue weighted by atomic mass is 10.1. The smallest absolute Gasteiger partial charge is 0.272 e. The number of carbonyl (C=O) groups is 1. The van der Waals surface area contributed by atoms with Crippen molar-refractivity contribution < 1.29 is 9.53 Å². The number of hydrogen-bond acceptors (Lipinski definition) is 4. The highest BCUT2D eigenvalue weighted by atomic mass is 79.9. The second-order valence-corrected chi connectivity index (χ2v) is 8.28. The SMILES string of the molecule is CSC(Oc1cc(Cl)c2ncc(Br)cc2c1)C(=O)NC(C)(C)C. The van der Waals surface area contributed by atoms with E-state index in [-0.39, 0.29) is 11.4 Å². The van der Waals surface area contributed by atoms with Crippen LogP contribution in [0.4, 0.5) is 0 Å². The molecule has 2 rings (SSSR count). The van der Waals surface area contributed by atoms with Crippen molar-refractivity contribution in [2.75, 3.05) is 6.26 Å². The van der Waals surface area contributed by atoms with Crippen LogP contribution in [0.5, 0.6) is 5.75 Å². The van der Waals surface area contributed by atoms with Crippen molar-refractivity contribution in [1.29, 1.82) is 0 Å². The zero-order valence-electron chi connectivity index (χ0n) is 13.3. The predicted octanol–water partition coefficient (Wildman–Crippen LogP) is 4.63. The Morgan fingerprint density at radius 1 is 1.39 bits per heavy atom. The molecule has 1 unspecified atom stereocenters. The minimum Gasteiger partial charge on any atom is -0.470 e. The minimum atomic E-state index is -0.650. The Balaban J connectivity index is 2.27. The van der Waals surface area contributed by atoms with Gasteiger partial charge in [0.15, 0.2) is 0 Å². The molecule has 1 atom stereocenters. The Kier molecular flexibility index (Phi) is 5.81. The minimum absolute atomic E-state index is 0.173. The molecule has 7 heteroatoms. The van der Waals surface area contributed by atoms with E-state index in [0.29, 0.717) is 16.3 Å². The van der Waals surface area contributed by atoms with E-state index in [0.717, 1.165) is 9.86 Å². The zero-order chi connectivity index (χ0) is 17.2. The summed E-state index contributed by atoms with van der Waals surface area (Å²) >= 11 is 11.0. The number of hydrogen-bond donors (Lipinski definition) is 1. The number of benzene rings is 1. The highest BCUT2D eigenvalue weighted by molar-refractivity contribution is 9.10. The van der Waals surface area contributed by atoms with E-state index >= 15 is 0 Å². The Morgan fingerprint density at radius 3 is 2.70 bits per heavy atom. The Labute approximate surface area is 153 Å². The van der Waals surface area contributed by atoms with Crippen LogP contribution >= 0.6 is 39.3 Å². The third-order valence-corrected chi connectivity index (χ3v) is 4.31. The lowest BCUT2D eigenvalue weighted by molar-refractivity contribution is -0.125. The highest BCUT2D eigenvalue weighted by Crippen LogP contribution is 2.30. The standard InChI is InChI=1S/C16H18BrClN2O2S/c1-16(2,3)20-14(21)15(23-4)22-11-6-9-5-10(17)8-19-13(9)12(18)7-11/h5-8,15H,1-4H3,(H,20,21). The lowest BCUT2D eigenvalue weighted by Gasteiger charge is -2.24. The lowest BCUT2D eigenvalue weighted by Crippen LogP contribution is -2.46. The van der Waals surface area contributed by atoms with Gasteiger partial charge in [-0.3, -0.25) is 9.78 Å². The summed E-state index contributed by atoms with van der Waals surface area (Å²) in [7, 11) is 0. The number of carbonyl (C=O) groups excluding carboxylic acids is 1. The van der Waals surface area contributed by atoms with Gasteiger partial charge in [0.05, 0.1) is 10.5 Å². The number of nitrogens with one attached hydrogen (secondary N) is 1. The molecule has 0 spiro atoms. The first-order valence-electron chi connectivity index (χ1n) is 6.96. The van der Waals surface area contributed by atoms with Crippen molar-refractivity contribution in [2.45, 2.75) is 31.7 Å². The molecular formula is C16H18BrClN2O2S. The van der Waals surface area contributed by atoms with Gasteiger partial charge in [-0.05, 0) is 55.1 Å². The van der Waals surface area contributed by atoms with Gasteiger partial charge in [-0.15, -0.1) is 11.8 Å². The summed E-state index contributed by atoms with van der Waals surface area (Å²) in [5, 5.41) is 4.25. The number of pyridine rings is 1. The first kappa shape index (κ1) is 18.4. The topological polar surface area (TPSA) is 51.2 Å². The van der Waals surface area contributed by atoms with E-state index < -0.39 is 5.44 Å². The van der Waals surface area contributed by atoms with E-state index in [1.165, 1.54) is 11.8 Å². The van der Waals surface area contributed by atoms with Gasteiger partial charge >= 0.3 is 0 Å². The molecule has 0 fully saturated rings. The average molecular weight is 418 g/mol. The average Bonchev–Trinajstić information content (AvgIpc) is 2.42. The number of fused-ring (bicyclic) bond motifs is 1. The number of aromatic nitrogens is 1. The van der Waals surface area contributed by atoms with Gasteiger partial charge in [-0.25, -0.2) is 0 Å². The van der Waals surface area contributed by atoms with Crippen LogP contribution in [0.3, 0.4) is 0 Å². The van der Waals surface area contributed by atoms with Gasteiger partial charge in [0.1, 0.15) is 5.75 Å². The number of nitrogens with zero attached hydrogens (tertiary/aromatic N) is 1. The zero-order valence-corrected chi connectivity index (χ0v) is 16.5. The molecule has 0 bridgehead atoms. The molecule has 2 aromatic rings. The fraction of sp³-hybridized carbons (Fsp3) is 0.375. The van der Waals surface area contributed by atoms with Gasteiger partial charge in [0.2, 0.25) is 5.44 Å². The normalized spacial score (nSPS) is 13.0. The Morgan fingerprint density at radius 2 is 2.09 bits per heavy atom. The molecule has 0 aliphatic rings. The van der Waals surface area contributed by atoms with E-state index in [1.807, 2.05) is 39.2 Å². The maximum absolute atomic E-state index is 12.3. The quantitative estimate of drug-likeness (QED) is 0.737. The molecule has 0 aliphatic carbocycles. The molecule has 1 aromatic carbocycles. The van der Waals surface area contributed by atoms with Crippen LogP contribution in [0, 0.1) is 0 Å². The monoisotopic (exact) mass is 416 g/mol. The van der Waals surface area contributed by atoms with Crippen LogP contribution < -0.4 is 10.1 Å². The molecule has 124 valence electrons. The molecule has 23 heavy (non-hydrogen) atoms. The highest BCUT2D eigenvalue weighted by Gasteiger charge is 2.24. The van der Waals surface area contributed by atoms with Gasteiger partial charge in [-0.2, -0.15) is 0 Å². The van der Waals surface area contributed by atoms with E-state index in [4.69, 9.17) is 16.3 Å². The van der Waals surface area contributed by atoms with Crippen molar-refractivity contribution in [2.24, 2.45) is 0 Å². The van der Waals surface area contributed by atoms with Gasteiger partial charge in [0, 0.05) is 27.7 Å². The summed E-state index contributed by atoms with van der Waals surface area (Å²) in [4.78, 5) is 16.6. The summed E-state index contributed by atoms with van der Waals surface area (Å²) in [6.45, 7) is 5.79. The molecule has 1 amide bonds. The predicted molar refractivity (Wildman–Crippen MR) is 100 cm³/mol. The van der Waals surface area contributed by atoms with Gasteiger partial charge in [0.25, 0.3) is 5.91 Å². The summed E-state index contributed by atoms with van der Waals surface area (Å²) < 4.78 is 6.68. The molecule has 0 saturated heterocycles. The van der Waals surface area contributed by atoms with Crippen molar-refractivity contribution in [1.82, 2.24) is 10.3 Å². The van der Waals surface area contributed by atoms with Crippen LogP contribution in [0.15, 0.2) is 28.9 Å². The molecule has 1 heterocycles. The first-order chi connectivity index (χ1) is 10.7. The molecular weight excluding hydrogens is 400 g/mol. The molecule has 1 aromatic heterocycles. The number of amides is 1. The fourth-order valence-corrected chi connectivity index (χ4v) is 3.08.